The van der Waals surface area contributed by atoms with Crippen LogP contribution in [0.15, 0.2) is 59.8 Å². The topological polar surface area (TPSA) is 234 Å². The van der Waals surface area contributed by atoms with Gasteiger partial charge in [0.05, 0.1) is 36.1 Å². The first-order chi connectivity index (χ1) is 22.0. The minimum absolute atomic E-state index is 0.147. The van der Waals surface area contributed by atoms with Crippen molar-refractivity contribution in [3.63, 3.8) is 0 Å². The molecule has 0 N–H and O–H groups in total. The first-order valence-electron chi connectivity index (χ1n) is 15.5. The molecule has 2 aliphatic carbocycles. The molecule has 2 rings (SSSR count). The van der Waals surface area contributed by atoms with Crippen LogP contribution in [0.5, 0.6) is 0 Å². The van der Waals surface area contributed by atoms with E-state index in [1.54, 1.807) is 0 Å². The lowest BCUT2D eigenvalue weighted by molar-refractivity contribution is 0.389. The number of sulfone groups is 4. The molecule has 0 spiro atoms. The lowest BCUT2D eigenvalue weighted by Gasteiger charge is -2.39. The maximum Gasteiger partial charge on any atom is 0.199 e. The van der Waals surface area contributed by atoms with Gasteiger partial charge in [0.15, 0.2) is 47.5 Å². The van der Waals surface area contributed by atoms with Crippen molar-refractivity contribution in [3.05, 3.63) is 70.5 Å². The Hall–Kier alpha value is -2.62. The molecule has 0 aromatic heterocycles. The number of azide groups is 2. The number of rotatable bonds is 20. The van der Waals surface area contributed by atoms with Gasteiger partial charge in [0.2, 0.25) is 0 Å². The van der Waals surface area contributed by atoms with Crippen molar-refractivity contribution in [3.8, 4) is 0 Å². The summed E-state index contributed by atoms with van der Waals surface area (Å²) in [5.74, 6) is -4.65. The van der Waals surface area contributed by atoms with E-state index in [0.717, 1.165) is 25.0 Å². The summed E-state index contributed by atoms with van der Waals surface area (Å²) in [6, 6.07) is 0. The quantitative estimate of drug-likeness (QED) is 0.0650. The second kappa shape index (κ2) is 16.7. The molecule has 0 radical (unpaired) electrons. The van der Waals surface area contributed by atoms with Crippen LogP contribution >= 0.6 is 0 Å². The molecule has 2 aliphatic rings. The van der Waals surface area contributed by atoms with Crippen molar-refractivity contribution in [2.45, 2.75) is 78.8 Å². The Morgan fingerprint density at radius 2 is 0.936 bits per heavy atom. The fourth-order valence-electron chi connectivity index (χ4n) is 6.90. The second-order valence-corrected chi connectivity index (χ2v) is 21.8. The predicted molar refractivity (Wildman–Crippen MR) is 185 cm³/mol. The molecule has 0 heterocycles. The molecule has 2 unspecified atom stereocenters. The summed E-state index contributed by atoms with van der Waals surface area (Å²) < 4.78 is 107. The zero-order valence-corrected chi connectivity index (χ0v) is 30.0. The molecular weight excluding hydrogens is 689 g/mol. The Balaban J connectivity index is 2.69. The summed E-state index contributed by atoms with van der Waals surface area (Å²) in [7, 11) is -19.1. The maximum absolute atomic E-state index is 14.3. The highest BCUT2D eigenvalue weighted by Crippen LogP contribution is 2.45. The first kappa shape index (κ1) is 40.6. The Morgan fingerprint density at radius 1 is 0.617 bits per heavy atom. The van der Waals surface area contributed by atoms with Crippen LogP contribution in [0, 0.1) is 11.8 Å². The highest BCUT2D eigenvalue weighted by Gasteiger charge is 2.59. The van der Waals surface area contributed by atoms with E-state index in [1.807, 2.05) is 0 Å². The van der Waals surface area contributed by atoms with Crippen molar-refractivity contribution in [2.24, 2.45) is 22.1 Å². The van der Waals surface area contributed by atoms with E-state index >= 15 is 0 Å². The molecule has 0 bridgehead atoms. The van der Waals surface area contributed by atoms with E-state index in [2.05, 4.69) is 46.4 Å². The van der Waals surface area contributed by atoms with Gasteiger partial charge in [0.25, 0.3) is 0 Å². The average Bonchev–Trinajstić information content (AvgIpc) is 3.01. The number of nitrogens with zero attached hydrogens (tertiary/aromatic N) is 6. The maximum atomic E-state index is 14.3. The van der Waals surface area contributed by atoms with E-state index < -0.39 is 102 Å². The molecule has 2 atom stereocenters. The van der Waals surface area contributed by atoms with Gasteiger partial charge in [0, 0.05) is 9.82 Å². The van der Waals surface area contributed by atoms with E-state index in [0.29, 0.717) is 51.4 Å². The third kappa shape index (κ3) is 8.16. The van der Waals surface area contributed by atoms with Gasteiger partial charge in [0.1, 0.15) is 0 Å². The smallest absolute Gasteiger partial charge is 0.199 e. The predicted octanol–water partition coefficient (Wildman–Crippen LogP) is 5.69. The largest absolute Gasteiger partial charge is 0.227 e. The molecule has 18 heteroatoms. The third-order valence-electron chi connectivity index (χ3n) is 9.37. The van der Waals surface area contributed by atoms with E-state index in [4.69, 9.17) is 11.1 Å². The minimum Gasteiger partial charge on any atom is -0.227 e. The highest BCUT2D eigenvalue weighted by atomic mass is 32.3. The molecule has 14 nitrogen and oxygen atoms in total. The van der Waals surface area contributed by atoms with Crippen molar-refractivity contribution < 1.29 is 33.7 Å². The Kier molecular flexibility index (Phi) is 14.4. The number of hydrogen-bond donors (Lipinski definition) is 0. The molecule has 2 fully saturated rings. The van der Waals surface area contributed by atoms with Crippen LogP contribution in [0.3, 0.4) is 0 Å². The van der Waals surface area contributed by atoms with Crippen LogP contribution in [0.4, 0.5) is 0 Å². The van der Waals surface area contributed by atoms with Crippen LogP contribution in [-0.4, -0.2) is 77.9 Å². The summed E-state index contributed by atoms with van der Waals surface area (Å²) >= 11 is 0. The normalized spacial score (nSPS) is 19.6. The highest BCUT2D eigenvalue weighted by molar-refractivity contribution is 8.11. The molecule has 264 valence electrons. The summed E-state index contributed by atoms with van der Waals surface area (Å²) in [5, 5.41) is 6.79. The molecule has 0 amide bonds. The van der Waals surface area contributed by atoms with Crippen molar-refractivity contribution >= 4 is 39.3 Å². The first-order valence-corrected chi connectivity index (χ1v) is 22.1. The van der Waals surface area contributed by atoms with Gasteiger partial charge >= 0.3 is 0 Å². The molecule has 0 aromatic carbocycles. The van der Waals surface area contributed by atoms with Gasteiger partial charge in [-0.2, -0.15) is 0 Å². The Labute approximate surface area is 279 Å². The van der Waals surface area contributed by atoms with E-state index in [1.165, 1.54) is 0 Å². The fourth-order valence-corrected chi connectivity index (χ4v) is 17.2. The van der Waals surface area contributed by atoms with Crippen LogP contribution in [0.25, 0.3) is 20.9 Å². The zero-order valence-electron chi connectivity index (χ0n) is 26.7. The van der Waals surface area contributed by atoms with Gasteiger partial charge < -0.3 is 0 Å². The Bertz CT molecular complexity index is 1610. The molecule has 0 aliphatic heterocycles. The number of hydrogen-bond acceptors (Lipinski definition) is 10. The van der Waals surface area contributed by atoms with Gasteiger partial charge in [-0.25, -0.2) is 33.7 Å². The van der Waals surface area contributed by atoms with Gasteiger partial charge in [-0.1, -0.05) is 74.1 Å². The van der Waals surface area contributed by atoms with Gasteiger partial charge in [-0.3, -0.25) is 0 Å². The van der Waals surface area contributed by atoms with Crippen molar-refractivity contribution in [2.75, 3.05) is 36.1 Å². The second-order valence-electron chi connectivity index (χ2n) is 12.1. The van der Waals surface area contributed by atoms with Crippen LogP contribution < -0.4 is 0 Å². The summed E-state index contributed by atoms with van der Waals surface area (Å²) in [5.41, 5.74) is 18.0. The fraction of sp³-hybridized carbons (Fsp3) is 0.724. The molecular formula is C29H46N6O8S4. The molecule has 2 saturated carbocycles. The van der Waals surface area contributed by atoms with Crippen LogP contribution in [-0.2, 0) is 39.3 Å². The third-order valence-corrected chi connectivity index (χ3v) is 21.0. The van der Waals surface area contributed by atoms with E-state index in [9.17, 15) is 33.7 Å². The standard InChI is InChI=1S/C29H46N6O8S4/c1-5-18-44(36,37)28(22-32-34-30,24(3)26-14-9-7-10-15-26)46(40,41)20-13-21-47(42,43)29(23-33-35-31,45(38,39)19-6-2)25(4)27-16-11-8-12-17-27/h5-6,26-27H,1-4,7-23H2. The lowest BCUT2D eigenvalue weighted by atomic mass is 9.83. The van der Waals surface area contributed by atoms with Crippen molar-refractivity contribution in [1.82, 2.24) is 0 Å². The van der Waals surface area contributed by atoms with Crippen molar-refractivity contribution in [1.29, 1.82) is 0 Å². The average molecular weight is 735 g/mol. The zero-order chi connectivity index (χ0) is 35.6. The van der Waals surface area contributed by atoms with Crippen LogP contribution in [0.2, 0.25) is 0 Å². The van der Waals surface area contributed by atoms with E-state index in [-0.39, 0.29) is 11.1 Å². The Morgan fingerprint density at radius 3 is 1.21 bits per heavy atom. The minimum atomic E-state index is -4.89. The lowest BCUT2D eigenvalue weighted by Crippen LogP contribution is -2.55. The molecule has 0 aromatic rings. The van der Waals surface area contributed by atoms with Gasteiger partial charge in [-0.05, 0) is 66.1 Å². The van der Waals surface area contributed by atoms with Crippen LogP contribution in [0.1, 0.15) is 70.6 Å². The SMILES string of the molecule is C=CCS(=O)(=O)C(CN=[N+]=[N-])(C(=C)C1CCCCC1)S(=O)(=O)CCCS(=O)(=O)C(CN=[N+]=[N-])(C(=C)C1CCCCC1)S(=O)(=O)CC=C. The summed E-state index contributed by atoms with van der Waals surface area (Å²) in [6.07, 6.45) is 7.75. The molecule has 0 saturated heterocycles. The van der Waals surface area contributed by atoms with Gasteiger partial charge in [-0.15, -0.1) is 13.2 Å². The molecule has 47 heavy (non-hydrogen) atoms. The monoisotopic (exact) mass is 734 g/mol. The summed E-state index contributed by atoms with van der Waals surface area (Å²) in [4.78, 5) is 5.27. The summed E-state index contributed by atoms with van der Waals surface area (Å²) in [6.45, 7) is 12.7.